The van der Waals surface area contributed by atoms with Crippen molar-refractivity contribution in [1.29, 1.82) is 0 Å². The van der Waals surface area contributed by atoms with Crippen molar-refractivity contribution in [2.75, 3.05) is 0 Å². The Labute approximate surface area is 85.2 Å². The molecular weight excluding hydrogens is 202 g/mol. The molecule has 0 saturated carbocycles. The van der Waals surface area contributed by atoms with Crippen LogP contribution < -0.4 is 4.74 Å². The highest BCUT2D eigenvalue weighted by atomic mass is 16.6. The molecule has 0 atom stereocenters. The average molecular weight is 211 g/mol. The number of hydrogen-bond acceptors (Lipinski definition) is 5. The van der Waals surface area contributed by atoms with E-state index < -0.39 is 10.9 Å². The number of ether oxygens (including phenoxy) is 1. The summed E-state index contributed by atoms with van der Waals surface area (Å²) in [7, 11) is 0. The summed E-state index contributed by atoms with van der Waals surface area (Å²) < 4.78 is 4.69. The highest BCUT2D eigenvalue weighted by molar-refractivity contribution is 5.73. The number of phenolic OH excluding ortho intramolecular Hbond substituents is 1. The fraction of sp³-hybridized carbons (Fsp3) is 0.222. The molecule has 0 spiro atoms. The highest BCUT2D eigenvalue weighted by Gasteiger charge is 2.13. The van der Waals surface area contributed by atoms with E-state index in [2.05, 4.69) is 0 Å². The van der Waals surface area contributed by atoms with E-state index in [0.717, 1.165) is 18.2 Å². The zero-order chi connectivity index (χ0) is 11.4. The number of nitrogens with zero attached hydrogens (tertiary/aromatic N) is 1. The van der Waals surface area contributed by atoms with Crippen molar-refractivity contribution in [1.82, 2.24) is 0 Å². The maximum absolute atomic E-state index is 10.9. The predicted molar refractivity (Wildman–Crippen MR) is 50.7 cm³/mol. The van der Waals surface area contributed by atoms with Gasteiger partial charge in [0, 0.05) is 12.5 Å². The summed E-state index contributed by atoms with van der Waals surface area (Å²) in [6.07, 6.45) is 0.127. The molecule has 0 amide bonds. The first-order valence-electron chi connectivity index (χ1n) is 4.22. The maximum Gasteiger partial charge on any atom is 0.311 e. The number of carbonyl (C=O) groups excluding carboxylic acids is 1. The summed E-state index contributed by atoms with van der Waals surface area (Å²) in [5, 5.41) is 19.7. The number of benzene rings is 1. The number of non-ortho nitro benzene ring substituents is 1. The van der Waals surface area contributed by atoms with Gasteiger partial charge < -0.3 is 9.84 Å². The minimum atomic E-state index is -0.636. The van der Waals surface area contributed by atoms with Crippen LogP contribution in [-0.2, 0) is 4.79 Å². The largest absolute Gasteiger partial charge is 0.504 e. The first-order valence-corrected chi connectivity index (χ1v) is 4.22. The summed E-state index contributed by atoms with van der Waals surface area (Å²) in [5.41, 5.74) is -0.244. The number of rotatable bonds is 3. The summed E-state index contributed by atoms with van der Waals surface area (Å²) in [4.78, 5) is 20.7. The van der Waals surface area contributed by atoms with Crippen LogP contribution in [0, 0.1) is 10.1 Å². The number of carbonyl (C=O) groups is 1. The van der Waals surface area contributed by atoms with Crippen molar-refractivity contribution < 1.29 is 19.6 Å². The molecule has 0 saturated heterocycles. The molecule has 80 valence electrons. The van der Waals surface area contributed by atoms with Crippen molar-refractivity contribution in [3.05, 3.63) is 28.3 Å². The molecule has 0 aliphatic heterocycles. The molecular formula is C9H9NO5. The van der Waals surface area contributed by atoms with Gasteiger partial charge in [0.15, 0.2) is 11.5 Å². The van der Waals surface area contributed by atoms with Gasteiger partial charge in [-0.3, -0.25) is 14.9 Å². The number of phenols is 1. The van der Waals surface area contributed by atoms with Gasteiger partial charge in [-0.15, -0.1) is 0 Å². The van der Waals surface area contributed by atoms with Crippen LogP contribution in [0.1, 0.15) is 13.3 Å². The van der Waals surface area contributed by atoms with Crippen LogP contribution >= 0.6 is 0 Å². The van der Waals surface area contributed by atoms with Crippen LogP contribution in [0.5, 0.6) is 11.5 Å². The lowest BCUT2D eigenvalue weighted by Gasteiger charge is -2.04. The Morgan fingerprint density at radius 3 is 2.80 bits per heavy atom. The second-order valence-corrected chi connectivity index (χ2v) is 2.74. The molecule has 0 aliphatic carbocycles. The standard InChI is InChI=1S/C9H9NO5/c1-2-9(12)15-8-5-6(10(13)14)3-4-7(8)11/h3-5,11H,2H2,1H3. The normalized spacial score (nSPS) is 9.67. The summed E-state index contributed by atoms with van der Waals surface area (Å²) in [6.45, 7) is 1.58. The topological polar surface area (TPSA) is 89.7 Å². The monoisotopic (exact) mass is 211 g/mol. The lowest BCUT2D eigenvalue weighted by Crippen LogP contribution is -2.05. The third-order valence-electron chi connectivity index (χ3n) is 1.67. The van der Waals surface area contributed by atoms with E-state index in [1.807, 2.05) is 0 Å². The van der Waals surface area contributed by atoms with Crippen molar-refractivity contribution in [3.63, 3.8) is 0 Å². The quantitative estimate of drug-likeness (QED) is 0.355. The van der Waals surface area contributed by atoms with Gasteiger partial charge in [-0.25, -0.2) is 0 Å². The zero-order valence-corrected chi connectivity index (χ0v) is 7.97. The minimum absolute atomic E-state index is 0.127. The van der Waals surface area contributed by atoms with E-state index in [4.69, 9.17) is 4.74 Å². The third kappa shape index (κ3) is 2.67. The van der Waals surface area contributed by atoms with E-state index in [9.17, 15) is 20.0 Å². The molecule has 0 aliphatic rings. The van der Waals surface area contributed by atoms with Gasteiger partial charge in [-0.2, -0.15) is 0 Å². The van der Waals surface area contributed by atoms with Crippen LogP contribution in [0.4, 0.5) is 5.69 Å². The molecule has 1 aromatic rings. The molecule has 1 rings (SSSR count). The van der Waals surface area contributed by atoms with Crippen LogP contribution in [-0.4, -0.2) is 16.0 Å². The first-order chi connectivity index (χ1) is 7.04. The average Bonchev–Trinajstić information content (AvgIpc) is 2.20. The van der Waals surface area contributed by atoms with Crippen molar-refractivity contribution in [3.8, 4) is 11.5 Å². The number of nitro groups is 1. The Kier molecular flexibility index (Phi) is 3.22. The highest BCUT2D eigenvalue weighted by Crippen LogP contribution is 2.30. The van der Waals surface area contributed by atoms with Crippen molar-refractivity contribution in [2.24, 2.45) is 0 Å². The molecule has 0 fully saturated rings. The van der Waals surface area contributed by atoms with E-state index in [0.29, 0.717) is 0 Å². The third-order valence-corrected chi connectivity index (χ3v) is 1.67. The van der Waals surface area contributed by atoms with Gasteiger partial charge in [0.25, 0.3) is 5.69 Å². The van der Waals surface area contributed by atoms with E-state index in [-0.39, 0.29) is 23.6 Å². The van der Waals surface area contributed by atoms with Gasteiger partial charge in [0.05, 0.1) is 11.0 Å². The van der Waals surface area contributed by atoms with Crippen LogP contribution in [0.25, 0.3) is 0 Å². The molecule has 0 bridgehead atoms. The molecule has 6 heteroatoms. The molecule has 0 heterocycles. The van der Waals surface area contributed by atoms with Crippen LogP contribution in [0.2, 0.25) is 0 Å². The number of nitro benzene ring substituents is 1. The molecule has 0 radical (unpaired) electrons. The Morgan fingerprint density at radius 1 is 1.60 bits per heavy atom. The second-order valence-electron chi connectivity index (χ2n) is 2.74. The molecule has 0 aromatic heterocycles. The molecule has 6 nitrogen and oxygen atoms in total. The fourth-order valence-electron chi connectivity index (χ4n) is 0.893. The molecule has 0 unspecified atom stereocenters. The zero-order valence-electron chi connectivity index (χ0n) is 7.97. The summed E-state index contributed by atoms with van der Waals surface area (Å²) in [5.74, 6) is -1.07. The smallest absolute Gasteiger partial charge is 0.311 e. The van der Waals surface area contributed by atoms with E-state index in [1.54, 1.807) is 6.92 Å². The van der Waals surface area contributed by atoms with Crippen LogP contribution in [0.15, 0.2) is 18.2 Å². The lowest BCUT2D eigenvalue weighted by molar-refractivity contribution is -0.384. The summed E-state index contributed by atoms with van der Waals surface area (Å²) >= 11 is 0. The van der Waals surface area contributed by atoms with Crippen LogP contribution in [0.3, 0.4) is 0 Å². The number of esters is 1. The predicted octanol–water partition coefficient (Wildman–Crippen LogP) is 1.62. The molecule has 15 heavy (non-hydrogen) atoms. The summed E-state index contributed by atoms with van der Waals surface area (Å²) in [6, 6.07) is 3.23. The minimum Gasteiger partial charge on any atom is -0.504 e. The second kappa shape index (κ2) is 4.41. The number of hydrogen-bond donors (Lipinski definition) is 1. The van der Waals surface area contributed by atoms with E-state index in [1.165, 1.54) is 0 Å². The van der Waals surface area contributed by atoms with Gasteiger partial charge in [0.2, 0.25) is 0 Å². The van der Waals surface area contributed by atoms with Crippen molar-refractivity contribution >= 4 is 11.7 Å². The SMILES string of the molecule is CCC(=O)Oc1cc([N+](=O)[O-])ccc1O. The number of aromatic hydroxyl groups is 1. The van der Waals surface area contributed by atoms with Gasteiger partial charge in [-0.1, -0.05) is 6.92 Å². The lowest BCUT2D eigenvalue weighted by atomic mass is 10.3. The van der Waals surface area contributed by atoms with Gasteiger partial charge in [-0.05, 0) is 6.07 Å². The van der Waals surface area contributed by atoms with Gasteiger partial charge >= 0.3 is 5.97 Å². The van der Waals surface area contributed by atoms with Gasteiger partial charge in [0.1, 0.15) is 0 Å². The first kappa shape index (κ1) is 11.0. The molecule has 1 aromatic carbocycles. The van der Waals surface area contributed by atoms with Crippen molar-refractivity contribution in [2.45, 2.75) is 13.3 Å². The molecule has 1 N–H and O–H groups in total. The Morgan fingerprint density at radius 2 is 2.27 bits per heavy atom. The van der Waals surface area contributed by atoms with E-state index >= 15 is 0 Å². The maximum atomic E-state index is 10.9. The Balaban J connectivity index is 3.00. The Hall–Kier alpha value is -2.11. The fourth-order valence-corrected chi connectivity index (χ4v) is 0.893. The Bertz CT molecular complexity index is 401.